The molecule has 0 radical (unpaired) electrons. The summed E-state index contributed by atoms with van der Waals surface area (Å²) in [5, 5.41) is 11.0. The number of benzene rings is 1. The van der Waals surface area contributed by atoms with E-state index < -0.39 is 14.9 Å². The van der Waals surface area contributed by atoms with Crippen molar-refractivity contribution in [2.24, 2.45) is 5.84 Å². The number of nitrogen functional groups attached to an aromatic ring is 1. The lowest BCUT2D eigenvalue weighted by Crippen LogP contribution is -2.33. The second-order valence-electron chi connectivity index (χ2n) is 4.45. The normalized spacial score (nSPS) is 17.2. The van der Waals surface area contributed by atoms with Crippen LogP contribution in [-0.2, 0) is 10.0 Å². The highest BCUT2D eigenvalue weighted by atomic mass is 32.2. The first kappa shape index (κ1) is 16.0. The molecule has 1 aliphatic rings. The summed E-state index contributed by atoms with van der Waals surface area (Å²) < 4.78 is 26.5. The topological polar surface area (TPSA) is 119 Å². The van der Waals surface area contributed by atoms with Crippen LogP contribution >= 0.6 is 11.8 Å². The van der Waals surface area contributed by atoms with Gasteiger partial charge in [0.15, 0.2) is 0 Å². The zero-order valence-electron chi connectivity index (χ0n) is 11.2. The molecule has 1 heterocycles. The van der Waals surface area contributed by atoms with Gasteiger partial charge in [-0.05, 0) is 24.3 Å². The van der Waals surface area contributed by atoms with Crippen molar-refractivity contribution in [2.75, 3.05) is 30.0 Å². The Morgan fingerprint density at radius 1 is 1.33 bits per heavy atom. The number of nitrogens with zero attached hydrogens (tertiary/aromatic N) is 2. The fraction of sp³-hybridized carbons (Fsp3) is 0.455. The van der Waals surface area contributed by atoms with Gasteiger partial charge in [0.2, 0.25) is 10.0 Å². The van der Waals surface area contributed by atoms with Gasteiger partial charge >= 0.3 is 0 Å². The summed E-state index contributed by atoms with van der Waals surface area (Å²) in [5.41, 5.74) is 1.91. The summed E-state index contributed by atoms with van der Waals surface area (Å²) in [5.74, 6) is 6.84. The Balaban J connectivity index is 2.39. The van der Waals surface area contributed by atoms with Gasteiger partial charge < -0.3 is 5.43 Å². The second kappa shape index (κ2) is 6.60. The number of nitro benzene ring substituents is 1. The van der Waals surface area contributed by atoms with Crippen LogP contribution in [0, 0.1) is 10.1 Å². The third-order valence-electron chi connectivity index (χ3n) is 3.14. The predicted octanol–water partition coefficient (Wildman–Crippen LogP) is 1.01. The molecule has 0 bridgehead atoms. The molecule has 1 aromatic carbocycles. The number of hydrazine groups is 1. The Morgan fingerprint density at radius 3 is 2.76 bits per heavy atom. The molecule has 21 heavy (non-hydrogen) atoms. The van der Waals surface area contributed by atoms with Crippen LogP contribution in [0.2, 0.25) is 0 Å². The summed E-state index contributed by atoms with van der Waals surface area (Å²) in [6.45, 7) is 0.845. The minimum Gasteiger partial charge on any atom is -0.318 e. The van der Waals surface area contributed by atoms with Crippen molar-refractivity contribution in [2.45, 2.75) is 11.3 Å². The minimum atomic E-state index is -3.72. The molecule has 0 unspecified atom stereocenters. The average molecular weight is 332 g/mol. The van der Waals surface area contributed by atoms with Gasteiger partial charge in [-0.3, -0.25) is 16.0 Å². The largest absolute Gasteiger partial charge is 0.318 e. The lowest BCUT2D eigenvalue weighted by atomic mass is 10.3. The molecule has 8 nitrogen and oxygen atoms in total. The first-order chi connectivity index (χ1) is 9.96. The molecule has 1 aromatic rings. The number of rotatable bonds is 4. The Morgan fingerprint density at radius 2 is 2.10 bits per heavy atom. The molecule has 0 aromatic heterocycles. The number of hydrogen-bond acceptors (Lipinski definition) is 7. The summed E-state index contributed by atoms with van der Waals surface area (Å²) in [6.07, 6.45) is 0.772. The molecule has 116 valence electrons. The second-order valence-corrected chi connectivity index (χ2v) is 7.61. The number of nitro groups is 1. The van der Waals surface area contributed by atoms with Crippen LogP contribution in [0.25, 0.3) is 0 Å². The van der Waals surface area contributed by atoms with Crippen LogP contribution in [0.3, 0.4) is 0 Å². The van der Waals surface area contributed by atoms with E-state index in [9.17, 15) is 18.5 Å². The standard InChI is InChI=1S/C11H16N4O4S2/c12-13-10-3-2-9(8-11(10)15(16)17)21(18,19)14-4-1-6-20-7-5-14/h2-3,8,13H,1,4-7,12H2. The van der Waals surface area contributed by atoms with Crippen LogP contribution in [0.5, 0.6) is 0 Å². The molecule has 0 amide bonds. The van der Waals surface area contributed by atoms with Crippen LogP contribution in [-0.4, -0.2) is 42.2 Å². The minimum absolute atomic E-state index is 0.0744. The van der Waals surface area contributed by atoms with E-state index in [0.717, 1.165) is 24.0 Å². The van der Waals surface area contributed by atoms with Gasteiger partial charge in [-0.25, -0.2) is 8.42 Å². The molecule has 3 N–H and O–H groups in total. The first-order valence-corrected chi connectivity index (χ1v) is 8.89. The van der Waals surface area contributed by atoms with E-state index in [1.165, 1.54) is 16.4 Å². The number of thioether (sulfide) groups is 1. The number of sulfonamides is 1. The van der Waals surface area contributed by atoms with E-state index in [1.807, 2.05) is 0 Å². The number of nitrogens with two attached hydrogens (primary N) is 1. The van der Waals surface area contributed by atoms with Crippen molar-refractivity contribution >= 4 is 33.2 Å². The molecule has 10 heteroatoms. The van der Waals surface area contributed by atoms with Crippen molar-refractivity contribution in [3.8, 4) is 0 Å². The van der Waals surface area contributed by atoms with Gasteiger partial charge in [-0.15, -0.1) is 0 Å². The lowest BCUT2D eigenvalue weighted by Gasteiger charge is -2.19. The highest BCUT2D eigenvalue weighted by Gasteiger charge is 2.27. The van der Waals surface area contributed by atoms with Gasteiger partial charge in [0.1, 0.15) is 5.69 Å². The SMILES string of the molecule is NNc1ccc(S(=O)(=O)N2CCCSCC2)cc1[N+](=O)[O-]. The summed E-state index contributed by atoms with van der Waals surface area (Å²) in [7, 11) is -3.72. The monoisotopic (exact) mass is 332 g/mol. The van der Waals surface area contributed by atoms with Gasteiger partial charge in [0, 0.05) is 24.9 Å². The van der Waals surface area contributed by atoms with Crippen molar-refractivity contribution in [1.29, 1.82) is 0 Å². The lowest BCUT2D eigenvalue weighted by molar-refractivity contribution is -0.384. The molecule has 2 rings (SSSR count). The van der Waals surface area contributed by atoms with Gasteiger partial charge in [0.25, 0.3) is 5.69 Å². The Kier molecular flexibility index (Phi) is 5.04. The van der Waals surface area contributed by atoms with Crippen molar-refractivity contribution < 1.29 is 13.3 Å². The number of anilines is 1. The number of nitrogens with one attached hydrogen (secondary N) is 1. The van der Waals surface area contributed by atoms with Crippen molar-refractivity contribution in [3.05, 3.63) is 28.3 Å². The van der Waals surface area contributed by atoms with Gasteiger partial charge in [0.05, 0.1) is 9.82 Å². The quantitative estimate of drug-likeness (QED) is 0.480. The maximum absolute atomic E-state index is 12.6. The van der Waals surface area contributed by atoms with E-state index in [2.05, 4.69) is 5.43 Å². The molecule has 0 atom stereocenters. The smallest absolute Gasteiger partial charge is 0.294 e. The third kappa shape index (κ3) is 3.46. The molecule has 0 saturated carbocycles. The van der Waals surface area contributed by atoms with Crippen LogP contribution in [0.1, 0.15) is 6.42 Å². The van der Waals surface area contributed by atoms with E-state index >= 15 is 0 Å². The highest BCUT2D eigenvalue weighted by Crippen LogP contribution is 2.29. The molecule has 0 spiro atoms. The maximum Gasteiger partial charge on any atom is 0.294 e. The summed E-state index contributed by atoms with van der Waals surface area (Å²) >= 11 is 1.70. The van der Waals surface area contributed by atoms with Gasteiger partial charge in [-0.2, -0.15) is 16.1 Å². The molecule has 1 fully saturated rings. The number of hydrogen-bond donors (Lipinski definition) is 2. The zero-order valence-corrected chi connectivity index (χ0v) is 12.8. The van der Waals surface area contributed by atoms with Crippen LogP contribution in [0.4, 0.5) is 11.4 Å². The van der Waals surface area contributed by atoms with E-state index in [0.29, 0.717) is 13.1 Å². The Labute approximate surface area is 126 Å². The molecular weight excluding hydrogens is 316 g/mol. The van der Waals surface area contributed by atoms with Crippen molar-refractivity contribution in [1.82, 2.24) is 4.31 Å². The van der Waals surface area contributed by atoms with Crippen LogP contribution < -0.4 is 11.3 Å². The van der Waals surface area contributed by atoms with E-state index in [-0.39, 0.29) is 16.3 Å². The van der Waals surface area contributed by atoms with Crippen LogP contribution in [0.15, 0.2) is 23.1 Å². The predicted molar refractivity (Wildman–Crippen MR) is 81.6 cm³/mol. The molecule has 1 saturated heterocycles. The van der Waals surface area contributed by atoms with E-state index in [1.54, 1.807) is 11.8 Å². The average Bonchev–Trinajstić information content (AvgIpc) is 2.76. The highest BCUT2D eigenvalue weighted by molar-refractivity contribution is 7.99. The van der Waals surface area contributed by atoms with Crippen molar-refractivity contribution in [3.63, 3.8) is 0 Å². The Hall–Kier alpha value is -1.36. The third-order valence-corrected chi connectivity index (χ3v) is 6.08. The molecule has 1 aliphatic heterocycles. The van der Waals surface area contributed by atoms with Gasteiger partial charge in [-0.1, -0.05) is 0 Å². The fourth-order valence-corrected chi connectivity index (χ4v) is 4.56. The fourth-order valence-electron chi connectivity index (χ4n) is 2.06. The first-order valence-electron chi connectivity index (χ1n) is 6.30. The Bertz CT molecular complexity index is 627. The van der Waals surface area contributed by atoms with E-state index in [4.69, 9.17) is 5.84 Å². The maximum atomic E-state index is 12.6. The molecule has 0 aliphatic carbocycles. The zero-order chi connectivity index (χ0) is 15.5. The summed E-state index contributed by atoms with van der Waals surface area (Å²) in [4.78, 5) is 10.2. The molecular formula is C11H16N4O4S2. The summed E-state index contributed by atoms with van der Waals surface area (Å²) in [6, 6.07) is 3.68.